The first-order chi connectivity index (χ1) is 9.62. The fourth-order valence-electron chi connectivity index (χ4n) is 4.86. The fourth-order valence-corrected chi connectivity index (χ4v) is 4.86. The molecule has 0 spiro atoms. The number of nitrogens with zero attached hydrogens (tertiary/aromatic N) is 1. The van der Waals surface area contributed by atoms with Crippen LogP contribution in [0.5, 0.6) is 0 Å². The molecule has 3 nitrogen and oxygen atoms in total. The van der Waals surface area contributed by atoms with E-state index in [0.29, 0.717) is 11.8 Å². The summed E-state index contributed by atoms with van der Waals surface area (Å²) in [6.45, 7) is 8.61. The van der Waals surface area contributed by atoms with Gasteiger partial charge in [-0.1, -0.05) is 26.7 Å². The number of amides is 1. The molecular weight excluding hydrogens is 284 g/mol. The van der Waals surface area contributed by atoms with E-state index in [4.69, 9.17) is 0 Å². The van der Waals surface area contributed by atoms with Crippen molar-refractivity contribution in [2.75, 3.05) is 26.2 Å². The molecule has 3 fully saturated rings. The molecule has 2 aliphatic heterocycles. The zero-order chi connectivity index (χ0) is 14.2. The molecule has 2 saturated heterocycles. The van der Waals surface area contributed by atoms with Crippen LogP contribution in [0.1, 0.15) is 52.4 Å². The predicted octanol–water partition coefficient (Wildman–Crippen LogP) is 3.08. The Labute approximate surface area is 135 Å². The maximum absolute atomic E-state index is 13.1. The minimum absolute atomic E-state index is 0. The van der Waals surface area contributed by atoms with E-state index in [-0.39, 0.29) is 17.8 Å². The van der Waals surface area contributed by atoms with E-state index in [1.54, 1.807) is 0 Å². The second-order valence-electron chi connectivity index (χ2n) is 7.77. The zero-order valence-corrected chi connectivity index (χ0v) is 14.4. The molecule has 3 atom stereocenters. The Morgan fingerprint density at radius 1 is 1.33 bits per heavy atom. The van der Waals surface area contributed by atoms with Gasteiger partial charge in [0.05, 0.1) is 5.41 Å². The minimum Gasteiger partial charge on any atom is -0.342 e. The summed E-state index contributed by atoms with van der Waals surface area (Å²) in [5, 5.41) is 3.51. The smallest absolute Gasteiger partial charge is 0.230 e. The summed E-state index contributed by atoms with van der Waals surface area (Å²) < 4.78 is 0. The number of hydrogen-bond acceptors (Lipinski definition) is 2. The van der Waals surface area contributed by atoms with Crippen LogP contribution in [0, 0.1) is 23.2 Å². The van der Waals surface area contributed by atoms with E-state index in [1.807, 2.05) is 0 Å². The normalized spacial score (nSPS) is 35.7. The summed E-state index contributed by atoms with van der Waals surface area (Å²) in [6, 6.07) is 0. The molecule has 3 rings (SSSR count). The molecule has 4 heteroatoms. The van der Waals surface area contributed by atoms with Crippen molar-refractivity contribution in [2.45, 2.75) is 52.4 Å². The quantitative estimate of drug-likeness (QED) is 0.868. The van der Waals surface area contributed by atoms with Gasteiger partial charge in [-0.3, -0.25) is 4.79 Å². The standard InChI is InChI=1S/C17H30N2O.ClH/c1-13(2)9-14-6-8-19(11-14)16(20)17-7-4-3-5-15(17)10-18-12-17;/h13-15,18H,3-12H2,1-2H3;1H/t14?,15-,17+;/m0./s1. The highest BCUT2D eigenvalue weighted by Crippen LogP contribution is 2.45. The molecule has 1 amide bonds. The van der Waals surface area contributed by atoms with Crippen LogP contribution in [0.4, 0.5) is 0 Å². The molecule has 0 aromatic carbocycles. The topological polar surface area (TPSA) is 32.3 Å². The molecule has 1 N–H and O–H groups in total. The lowest BCUT2D eigenvalue weighted by Crippen LogP contribution is -2.49. The fraction of sp³-hybridized carbons (Fsp3) is 0.941. The monoisotopic (exact) mass is 314 g/mol. The van der Waals surface area contributed by atoms with Crippen LogP contribution in [0.3, 0.4) is 0 Å². The maximum atomic E-state index is 13.1. The van der Waals surface area contributed by atoms with E-state index in [2.05, 4.69) is 24.1 Å². The molecule has 2 heterocycles. The van der Waals surface area contributed by atoms with Crippen LogP contribution in [-0.4, -0.2) is 37.0 Å². The van der Waals surface area contributed by atoms with Crippen molar-refractivity contribution in [1.82, 2.24) is 10.2 Å². The van der Waals surface area contributed by atoms with E-state index in [9.17, 15) is 4.79 Å². The highest BCUT2D eigenvalue weighted by molar-refractivity contribution is 5.85. The average molecular weight is 315 g/mol. The van der Waals surface area contributed by atoms with Gasteiger partial charge in [-0.15, -0.1) is 12.4 Å². The average Bonchev–Trinajstić information content (AvgIpc) is 3.03. The number of likely N-dealkylation sites (tertiary alicyclic amines) is 1. The van der Waals surface area contributed by atoms with Crippen molar-refractivity contribution in [3.05, 3.63) is 0 Å². The summed E-state index contributed by atoms with van der Waals surface area (Å²) >= 11 is 0. The number of fused-ring (bicyclic) bond motifs is 1. The number of rotatable bonds is 3. The third-order valence-corrected chi connectivity index (χ3v) is 5.84. The molecule has 0 aromatic heterocycles. The lowest BCUT2D eigenvalue weighted by atomic mass is 9.67. The van der Waals surface area contributed by atoms with Gasteiger partial charge in [0, 0.05) is 19.6 Å². The summed E-state index contributed by atoms with van der Waals surface area (Å²) in [6.07, 6.45) is 7.43. The van der Waals surface area contributed by atoms with E-state index >= 15 is 0 Å². The third-order valence-electron chi connectivity index (χ3n) is 5.84. The summed E-state index contributed by atoms with van der Waals surface area (Å²) in [5.74, 6) is 2.59. The van der Waals surface area contributed by atoms with Crippen molar-refractivity contribution in [3.63, 3.8) is 0 Å². The van der Waals surface area contributed by atoms with Crippen LogP contribution in [-0.2, 0) is 4.79 Å². The Morgan fingerprint density at radius 2 is 2.14 bits per heavy atom. The zero-order valence-electron chi connectivity index (χ0n) is 13.6. The first-order valence-electron chi connectivity index (χ1n) is 8.62. The molecule has 1 saturated carbocycles. The van der Waals surface area contributed by atoms with Gasteiger partial charge >= 0.3 is 0 Å². The Hall–Kier alpha value is -0.280. The Balaban J connectivity index is 0.00000161. The number of carbonyl (C=O) groups is 1. The molecule has 1 aliphatic carbocycles. The van der Waals surface area contributed by atoms with E-state index in [0.717, 1.165) is 44.4 Å². The SMILES string of the molecule is CC(C)CC1CCN(C(=O)[C@@]23CCCC[C@H]2CNC3)C1.Cl. The van der Waals surface area contributed by atoms with E-state index < -0.39 is 0 Å². The number of hydrogen-bond donors (Lipinski definition) is 1. The van der Waals surface area contributed by atoms with Gasteiger partial charge in [-0.2, -0.15) is 0 Å². The summed E-state index contributed by atoms with van der Waals surface area (Å²) in [5.41, 5.74) is -0.0367. The second kappa shape index (κ2) is 6.87. The summed E-state index contributed by atoms with van der Waals surface area (Å²) in [4.78, 5) is 15.3. The van der Waals surface area contributed by atoms with Crippen LogP contribution < -0.4 is 5.32 Å². The van der Waals surface area contributed by atoms with Gasteiger partial charge < -0.3 is 10.2 Å². The predicted molar refractivity (Wildman–Crippen MR) is 88.7 cm³/mol. The van der Waals surface area contributed by atoms with E-state index in [1.165, 1.54) is 32.1 Å². The Bertz CT molecular complexity index is 374. The molecule has 3 aliphatic rings. The van der Waals surface area contributed by atoms with Crippen molar-refractivity contribution in [2.24, 2.45) is 23.2 Å². The van der Waals surface area contributed by atoms with Crippen LogP contribution in [0.2, 0.25) is 0 Å². The highest BCUT2D eigenvalue weighted by Gasteiger charge is 2.52. The highest BCUT2D eigenvalue weighted by atomic mass is 35.5. The number of carbonyl (C=O) groups excluding carboxylic acids is 1. The Morgan fingerprint density at radius 3 is 2.90 bits per heavy atom. The Kier molecular flexibility index (Phi) is 5.59. The lowest BCUT2D eigenvalue weighted by Gasteiger charge is -2.40. The van der Waals surface area contributed by atoms with Gasteiger partial charge in [0.1, 0.15) is 0 Å². The molecule has 122 valence electrons. The molecule has 0 radical (unpaired) electrons. The number of halogens is 1. The molecular formula is C17H31ClN2O. The van der Waals surface area contributed by atoms with Crippen molar-refractivity contribution in [1.29, 1.82) is 0 Å². The van der Waals surface area contributed by atoms with Gasteiger partial charge in [0.2, 0.25) is 5.91 Å². The largest absolute Gasteiger partial charge is 0.342 e. The molecule has 21 heavy (non-hydrogen) atoms. The second-order valence-corrected chi connectivity index (χ2v) is 7.77. The van der Waals surface area contributed by atoms with Crippen LogP contribution in [0.25, 0.3) is 0 Å². The number of nitrogens with one attached hydrogen (secondary N) is 1. The van der Waals surface area contributed by atoms with Gasteiger partial charge in [0.25, 0.3) is 0 Å². The van der Waals surface area contributed by atoms with Crippen molar-refractivity contribution >= 4 is 18.3 Å². The van der Waals surface area contributed by atoms with Gasteiger partial charge in [-0.05, 0) is 50.0 Å². The molecule has 0 aromatic rings. The lowest BCUT2D eigenvalue weighted by molar-refractivity contribution is -0.144. The molecule has 1 unspecified atom stereocenters. The first kappa shape index (κ1) is 17.1. The molecule has 0 bridgehead atoms. The minimum atomic E-state index is -0.0367. The van der Waals surface area contributed by atoms with Crippen LogP contribution >= 0.6 is 12.4 Å². The maximum Gasteiger partial charge on any atom is 0.230 e. The van der Waals surface area contributed by atoms with Crippen LogP contribution in [0.15, 0.2) is 0 Å². The first-order valence-corrected chi connectivity index (χ1v) is 8.62. The van der Waals surface area contributed by atoms with Gasteiger partial charge in [0.15, 0.2) is 0 Å². The third kappa shape index (κ3) is 3.24. The van der Waals surface area contributed by atoms with Crippen molar-refractivity contribution < 1.29 is 4.79 Å². The summed E-state index contributed by atoms with van der Waals surface area (Å²) in [7, 11) is 0. The van der Waals surface area contributed by atoms with Gasteiger partial charge in [-0.25, -0.2) is 0 Å². The van der Waals surface area contributed by atoms with Crippen molar-refractivity contribution in [3.8, 4) is 0 Å².